The predicted molar refractivity (Wildman–Crippen MR) is 101 cm³/mol. The number of aromatic nitrogens is 2. The van der Waals surface area contributed by atoms with Crippen LogP contribution in [0.4, 0.5) is 19.0 Å². The molecule has 2 heterocycles. The van der Waals surface area contributed by atoms with Gasteiger partial charge in [-0.2, -0.15) is 13.2 Å². The van der Waals surface area contributed by atoms with Crippen molar-refractivity contribution in [1.29, 1.82) is 0 Å². The molecule has 0 radical (unpaired) electrons. The number of nitrogens with zero attached hydrogens (tertiary/aromatic N) is 2. The van der Waals surface area contributed by atoms with Crippen molar-refractivity contribution in [2.75, 3.05) is 18.5 Å². The van der Waals surface area contributed by atoms with Gasteiger partial charge in [0.2, 0.25) is 0 Å². The van der Waals surface area contributed by atoms with E-state index in [0.29, 0.717) is 23.6 Å². The Morgan fingerprint density at radius 2 is 1.75 bits per heavy atom. The fraction of sp³-hybridized carbons (Fsp3) is 0.300. The zero-order valence-corrected chi connectivity index (χ0v) is 14.9. The molecule has 3 N–H and O–H groups in total. The highest BCUT2D eigenvalue weighted by atomic mass is 19.4. The van der Waals surface area contributed by atoms with E-state index in [4.69, 9.17) is 0 Å². The molecule has 0 saturated carbocycles. The fourth-order valence-corrected chi connectivity index (χ4v) is 3.50. The highest BCUT2D eigenvalue weighted by molar-refractivity contribution is 6.00. The van der Waals surface area contributed by atoms with Gasteiger partial charge < -0.3 is 15.7 Å². The maximum atomic E-state index is 12.8. The monoisotopic (exact) mass is 388 g/mol. The maximum Gasteiger partial charge on any atom is 0.416 e. The lowest BCUT2D eigenvalue weighted by molar-refractivity contribution is -0.137. The number of hydrogen-bond donors (Lipinski definition) is 3. The Morgan fingerprint density at radius 3 is 2.39 bits per heavy atom. The summed E-state index contributed by atoms with van der Waals surface area (Å²) in [6, 6.07) is 12.6. The zero-order valence-electron chi connectivity index (χ0n) is 14.9. The molecule has 0 unspecified atom stereocenters. The lowest BCUT2D eigenvalue weighted by Gasteiger charge is -2.15. The van der Waals surface area contributed by atoms with Crippen LogP contribution in [-0.2, 0) is 6.18 Å². The minimum absolute atomic E-state index is 0.0585. The molecule has 2 atom stereocenters. The predicted octanol–water partition coefficient (Wildman–Crippen LogP) is 3.45. The molecule has 1 fully saturated rings. The first-order chi connectivity index (χ1) is 13.5. The van der Waals surface area contributed by atoms with Gasteiger partial charge in [-0.05, 0) is 18.6 Å². The average Bonchev–Trinajstić information content (AvgIpc) is 3.15. The Balaban J connectivity index is 1.68. The van der Waals surface area contributed by atoms with E-state index in [9.17, 15) is 18.3 Å². The summed E-state index contributed by atoms with van der Waals surface area (Å²) >= 11 is 0. The molecule has 28 heavy (non-hydrogen) atoms. The number of rotatable bonds is 4. The SMILES string of the molecule is OC[C@H]1C[C@H](Nc2nnc(-c3ccc(C(F)(F)F)cc3)c3ccccc23)CN1. The second-order valence-corrected chi connectivity index (χ2v) is 6.88. The van der Waals surface area contributed by atoms with Gasteiger partial charge >= 0.3 is 6.18 Å². The lowest BCUT2D eigenvalue weighted by Crippen LogP contribution is -2.25. The molecule has 0 bridgehead atoms. The summed E-state index contributed by atoms with van der Waals surface area (Å²) in [5, 5.41) is 26.1. The molecule has 1 aliphatic heterocycles. The minimum Gasteiger partial charge on any atom is -0.395 e. The first kappa shape index (κ1) is 18.6. The summed E-state index contributed by atoms with van der Waals surface area (Å²) in [5.41, 5.74) is 0.415. The van der Waals surface area contributed by atoms with Crippen LogP contribution in [0.2, 0.25) is 0 Å². The number of aliphatic hydroxyl groups is 1. The van der Waals surface area contributed by atoms with Crippen molar-refractivity contribution in [3.8, 4) is 11.3 Å². The van der Waals surface area contributed by atoms with Crippen molar-refractivity contribution in [3.63, 3.8) is 0 Å². The van der Waals surface area contributed by atoms with Crippen LogP contribution in [0.1, 0.15) is 12.0 Å². The highest BCUT2D eigenvalue weighted by Crippen LogP contribution is 2.33. The third-order valence-corrected chi connectivity index (χ3v) is 4.96. The van der Waals surface area contributed by atoms with Crippen LogP contribution in [0.5, 0.6) is 0 Å². The molecular formula is C20H19F3N4O. The van der Waals surface area contributed by atoms with Crippen molar-refractivity contribution in [2.24, 2.45) is 0 Å². The Morgan fingerprint density at radius 1 is 1.04 bits per heavy atom. The molecule has 1 aromatic heterocycles. The molecule has 8 heteroatoms. The smallest absolute Gasteiger partial charge is 0.395 e. The van der Waals surface area contributed by atoms with E-state index in [0.717, 1.165) is 29.3 Å². The Kier molecular flexibility index (Phi) is 4.91. The second kappa shape index (κ2) is 7.37. The van der Waals surface area contributed by atoms with Crippen LogP contribution in [0, 0.1) is 0 Å². The number of anilines is 1. The number of hydrogen-bond acceptors (Lipinski definition) is 5. The highest BCUT2D eigenvalue weighted by Gasteiger charge is 2.30. The van der Waals surface area contributed by atoms with Gasteiger partial charge in [0.05, 0.1) is 12.2 Å². The first-order valence-electron chi connectivity index (χ1n) is 8.99. The van der Waals surface area contributed by atoms with E-state index >= 15 is 0 Å². The van der Waals surface area contributed by atoms with Crippen molar-refractivity contribution in [2.45, 2.75) is 24.7 Å². The summed E-state index contributed by atoms with van der Waals surface area (Å²) in [6.45, 7) is 0.791. The minimum atomic E-state index is -4.37. The number of benzene rings is 2. The zero-order chi connectivity index (χ0) is 19.7. The molecule has 2 aromatic carbocycles. The number of aliphatic hydroxyl groups excluding tert-OH is 1. The summed E-state index contributed by atoms with van der Waals surface area (Å²) in [5.74, 6) is 0.622. The van der Waals surface area contributed by atoms with E-state index in [1.807, 2.05) is 24.3 Å². The van der Waals surface area contributed by atoms with Gasteiger partial charge in [-0.1, -0.05) is 36.4 Å². The van der Waals surface area contributed by atoms with Gasteiger partial charge in [0, 0.05) is 35.0 Å². The second-order valence-electron chi connectivity index (χ2n) is 6.88. The summed E-state index contributed by atoms with van der Waals surface area (Å²) < 4.78 is 38.5. The van der Waals surface area contributed by atoms with Gasteiger partial charge in [-0.25, -0.2) is 0 Å². The molecule has 4 rings (SSSR count). The molecule has 1 saturated heterocycles. The van der Waals surface area contributed by atoms with Crippen molar-refractivity contribution >= 4 is 16.6 Å². The number of nitrogens with one attached hydrogen (secondary N) is 2. The third-order valence-electron chi connectivity index (χ3n) is 4.96. The number of alkyl halides is 3. The molecule has 146 valence electrons. The fourth-order valence-electron chi connectivity index (χ4n) is 3.50. The maximum absolute atomic E-state index is 12.8. The van der Waals surface area contributed by atoms with Gasteiger partial charge in [0.25, 0.3) is 0 Å². The Bertz CT molecular complexity index is 975. The van der Waals surface area contributed by atoms with Crippen LogP contribution in [-0.4, -0.2) is 40.5 Å². The van der Waals surface area contributed by atoms with Crippen LogP contribution in [0.15, 0.2) is 48.5 Å². The Hall–Kier alpha value is -2.71. The summed E-state index contributed by atoms with van der Waals surface area (Å²) in [4.78, 5) is 0. The molecule has 3 aromatic rings. The van der Waals surface area contributed by atoms with Crippen molar-refractivity contribution in [3.05, 3.63) is 54.1 Å². The van der Waals surface area contributed by atoms with E-state index in [-0.39, 0.29) is 18.7 Å². The lowest BCUT2D eigenvalue weighted by atomic mass is 10.0. The van der Waals surface area contributed by atoms with E-state index in [1.54, 1.807) is 0 Å². The molecule has 1 aliphatic rings. The van der Waals surface area contributed by atoms with E-state index in [2.05, 4.69) is 20.8 Å². The van der Waals surface area contributed by atoms with Gasteiger partial charge in [0.1, 0.15) is 5.69 Å². The van der Waals surface area contributed by atoms with Crippen molar-refractivity contribution in [1.82, 2.24) is 15.5 Å². The third kappa shape index (κ3) is 3.65. The number of fused-ring (bicyclic) bond motifs is 1. The molecular weight excluding hydrogens is 369 g/mol. The topological polar surface area (TPSA) is 70.1 Å². The molecule has 0 spiro atoms. The normalized spacial score (nSPS) is 19.9. The van der Waals surface area contributed by atoms with Crippen LogP contribution in [0.25, 0.3) is 22.0 Å². The van der Waals surface area contributed by atoms with E-state index < -0.39 is 11.7 Å². The standard InChI is InChI=1S/C20H19F3N4O/c21-20(22,23)13-7-5-12(6-8-13)18-16-3-1-2-4-17(16)19(27-26-18)25-14-9-15(11-28)24-10-14/h1-8,14-15,24,28H,9-11H2,(H,25,27)/t14-,15+/m0/s1. The van der Waals surface area contributed by atoms with Gasteiger partial charge in [-0.3, -0.25) is 0 Å². The molecule has 5 nitrogen and oxygen atoms in total. The quantitative estimate of drug-likeness (QED) is 0.639. The number of halogens is 3. The molecule has 0 amide bonds. The largest absolute Gasteiger partial charge is 0.416 e. The Labute approximate surface area is 159 Å². The van der Waals surface area contributed by atoms with Crippen LogP contribution >= 0.6 is 0 Å². The van der Waals surface area contributed by atoms with Crippen LogP contribution < -0.4 is 10.6 Å². The van der Waals surface area contributed by atoms with Gasteiger partial charge in [0.15, 0.2) is 5.82 Å². The van der Waals surface area contributed by atoms with E-state index in [1.165, 1.54) is 12.1 Å². The first-order valence-corrected chi connectivity index (χ1v) is 8.99. The average molecular weight is 388 g/mol. The van der Waals surface area contributed by atoms with Crippen LogP contribution in [0.3, 0.4) is 0 Å². The van der Waals surface area contributed by atoms with Gasteiger partial charge in [-0.15, -0.1) is 10.2 Å². The van der Waals surface area contributed by atoms with Crippen molar-refractivity contribution < 1.29 is 18.3 Å². The molecule has 0 aliphatic carbocycles. The summed E-state index contributed by atoms with van der Waals surface area (Å²) in [7, 11) is 0. The summed E-state index contributed by atoms with van der Waals surface area (Å²) in [6.07, 6.45) is -3.60.